The van der Waals surface area contributed by atoms with Gasteiger partial charge in [-0.2, -0.15) is 0 Å². The second kappa shape index (κ2) is 6.02. The van der Waals surface area contributed by atoms with E-state index in [1.807, 2.05) is 13.8 Å². The van der Waals surface area contributed by atoms with Crippen LogP contribution in [0.15, 0.2) is 27.6 Å². The fourth-order valence-corrected chi connectivity index (χ4v) is 3.99. The third-order valence-electron chi connectivity index (χ3n) is 2.49. The average molecular weight is 350 g/mol. The molecule has 1 aromatic carbocycles. The zero-order chi connectivity index (χ0) is 14.8. The Balaban J connectivity index is 3.19. The molecule has 0 amide bonds. The van der Waals surface area contributed by atoms with Gasteiger partial charge in [0.15, 0.2) is 0 Å². The number of carboxylic acids is 1. The lowest BCUT2D eigenvalue weighted by molar-refractivity contribution is 0.0696. The average Bonchev–Trinajstić information content (AvgIpc) is 2.27. The van der Waals surface area contributed by atoms with Gasteiger partial charge in [-0.3, -0.25) is 0 Å². The van der Waals surface area contributed by atoms with Crippen molar-refractivity contribution in [3.05, 3.63) is 28.2 Å². The van der Waals surface area contributed by atoms with E-state index in [0.29, 0.717) is 6.54 Å². The summed E-state index contributed by atoms with van der Waals surface area (Å²) in [6.07, 6.45) is 0. The van der Waals surface area contributed by atoms with Crippen LogP contribution >= 0.6 is 15.9 Å². The van der Waals surface area contributed by atoms with Crippen molar-refractivity contribution in [3.63, 3.8) is 0 Å². The number of sulfonamides is 1. The molecule has 106 valence electrons. The molecule has 1 aromatic rings. The molecule has 19 heavy (non-hydrogen) atoms. The first-order chi connectivity index (χ1) is 8.66. The van der Waals surface area contributed by atoms with E-state index in [9.17, 15) is 13.2 Å². The van der Waals surface area contributed by atoms with Crippen molar-refractivity contribution in [3.8, 4) is 0 Å². The molecule has 5 nitrogen and oxygen atoms in total. The van der Waals surface area contributed by atoms with Crippen LogP contribution < -0.4 is 0 Å². The number of hydrogen-bond donors (Lipinski definition) is 1. The molecule has 0 radical (unpaired) electrons. The normalized spacial score (nSPS) is 12.1. The molecule has 0 saturated carbocycles. The van der Waals surface area contributed by atoms with Crippen LogP contribution in [0.1, 0.15) is 24.2 Å². The SMILES string of the molecule is CC(C)CN(C)S(=O)(=O)c1ccc(C(=O)O)cc1Br. The van der Waals surface area contributed by atoms with E-state index in [1.165, 1.54) is 29.6 Å². The predicted molar refractivity (Wildman–Crippen MR) is 75.8 cm³/mol. The van der Waals surface area contributed by atoms with Crippen LogP contribution in [0.5, 0.6) is 0 Å². The molecule has 1 N–H and O–H groups in total. The standard InChI is InChI=1S/C12H16BrNO4S/c1-8(2)7-14(3)19(17,18)11-5-4-9(12(15)16)6-10(11)13/h4-6,8H,7H2,1-3H3,(H,15,16). The molecule has 0 aliphatic carbocycles. The van der Waals surface area contributed by atoms with Crippen molar-refractivity contribution in [1.82, 2.24) is 4.31 Å². The Morgan fingerprint density at radius 3 is 2.42 bits per heavy atom. The van der Waals surface area contributed by atoms with Gasteiger partial charge in [0.2, 0.25) is 10.0 Å². The lowest BCUT2D eigenvalue weighted by Crippen LogP contribution is -2.30. The molecule has 0 fully saturated rings. The number of hydrogen-bond acceptors (Lipinski definition) is 3. The van der Waals surface area contributed by atoms with Gasteiger partial charge in [-0.25, -0.2) is 17.5 Å². The highest BCUT2D eigenvalue weighted by Crippen LogP contribution is 2.26. The molecule has 0 bridgehead atoms. The number of halogens is 1. The quantitative estimate of drug-likeness (QED) is 0.885. The molecule has 7 heteroatoms. The minimum atomic E-state index is -3.61. The summed E-state index contributed by atoms with van der Waals surface area (Å²) in [5.41, 5.74) is 0.0392. The Morgan fingerprint density at radius 1 is 1.42 bits per heavy atom. The summed E-state index contributed by atoms with van der Waals surface area (Å²) in [6, 6.07) is 3.88. The van der Waals surface area contributed by atoms with Gasteiger partial charge in [0.25, 0.3) is 0 Å². The van der Waals surface area contributed by atoms with Gasteiger partial charge in [0, 0.05) is 18.1 Å². The number of carbonyl (C=O) groups is 1. The summed E-state index contributed by atoms with van der Waals surface area (Å²) in [5.74, 6) is -0.892. The summed E-state index contributed by atoms with van der Waals surface area (Å²) in [4.78, 5) is 10.9. The topological polar surface area (TPSA) is 74.7 Å². The summed E-state index contributed by atoms with van der Waals surface area (Å²) >= 11 is 3.12. The fourth-order valence-electron chi connectivity index (χ4n) is 1.62. The van der Waals surface area contributed by atoms with Crippen molar-refractivity contribution < 1.29 is 18.3 Å². The van der Waals surface area contributed by atoms with E-state index in [-0.39, 0.29) is 20.8 Å². The number of carboxylic acid groups (broad SMARTS) is 1. The third kappa shape index (κ3) is 3.77. The van der Waals surface area contributed by atoms with Crippen molar-refractivity contribution in [2.75, 3.05) is 13.6 Å². The van der Waals surface area contributed by atoms with Gasteiger partial charge in [-0.15, -0.1) is 0 Å². The van der Waals surface area contributed by atoms with Crippen LogP contribution in [0.4, 0.5) is 0 Å². The molecule has 0 heterocycles. The molecule has 0 saturated heterocycles. The maximum absolute atomic E-state index is 12.3. The maximum atomic E-state index is 12.3. The predicted octanol–water partition coefficient (Wildman–Crippen LogP) is 2.42. The first-order valence-corrected chi connectivity index (χ1v) is 7.88. The first-order valence-electron chi connectivity index (χ1n) is 5.65. The smallest absolute Gasteiger partial charge is 0.335 e. The fraction of sp³-hybridized carbons (Fsp3) is 0.417. The van der Waals surface area contributed by atoms with Crippen LogP contribution in [0, 0.1) is 5.92 Å². The minimum Gasteiger partial charge on any atom is -0.478 e. The van der Waals surface area contributed by atoms with Crippen molar-refractivity contribution in [1.29, 1.82) is 0 Å². The van der Waals surface area contributed by atoms with Crippen molar-refractivity contribution >= 4 is 31.9 Å². The summed E-state index contributed by atoms with van der Waals surface area (Å²) in [7, 11) is -2.11. The highest BCUT2D eigenvalue weighted by molar-refractivity contribution is 9.10. The number of nitrogens with zero attached hydrogens (tertiary/aromatic N) is 1. The van der Waals surface area contributed by atoms with E-state index >= 15 is 0 Å². The van der Waals surface area contributed by atoms with Gasteiger partial charge < -0.3 is 5.11 Å². The Morgan fingerprint density at radius 2 is 2.00 bits per heavy atom. The zero-order valence-electron chi connectivity index (χ0n) is 10.9. The van der Waals surface area contributed by atoms with Crippen LogP contribution in [0.2, 0.25) is 0 Å². The summed E-state index contributed by atoms with van der Waals surface area (Å²) < 4.78 is 26.2. The summed E-state index contributed by atoms with van der Waals surface area (Å²) in [6.45, 7) is 4.25. The molecule has 0 unspecified atom stereocenters. The van der Waals surface area contributed by atoms with Crippen molar-refractivity contribution in [2.45, 2.75) is 18.7 Å². The molecule has 0 aromatic heterocycles. The first kappa shape index (κ1) is 16.1. The highest BCUT2D eigenvalue weighted by atomic mass is 79.9. The van der Waals surface area contributed by atoms with E-state index in [4.69, 9.17) is 5.11 Å². The Hall–Kier alpha value is -0.920. The molecule has 0 spiro atoms. The second-order valence-electron chi connectivity index (χ2n) is 4.63. The van der Waals surface area contributed by atoms with E-state index in [2.05, 4.69) is 15.9 Å². The van der Waals surface area contributed by atoms with Crippen molar-refractivity contribution in [2.24, 2.45) is 5.92 Å². The van der Waals surface area contributed by atoms with Gasteiger partial charge >= 0.3 is 5.97 Å². The number of aromatic carboxylic acids is 1. The molecular weight excluding hydrogens is 334 g/mol. The lowest BCUT2D eigenvalue weighted by atomic mass is 10.2. The summed E-state index contributed by atoms with van der Waals surface area (Å²) in [5, 5.41) is 8.85. The highest BCUT2D eigenvalue weighted by Gasteiger charge is 2.24. The minimum absolute atomic E-state index is 0.0392. The largest absolute Gasteiger partial charge is 0.478 e. The van der Waals surface area contributed by atoms with E-state index < -0.39 is 16.0 Å². The Bertz CT molecular complexity index is 583. The molecule has 0 aliphatic rings. The van der Waals surface area contributed by atoms with Gasteiger partial charge in [-0.05, 0) is 40.0 Å². The van der Waals surface area contributed by atoms with Gasteiger partial charge in [-0.1, -0.05) is 13.8 Å². The Labute approximate surface area is 121 Å². The zero-order valence-corrected chi connectivity index (χ0v) is 13.3. The lowest BCUT2D eigenvalue weighted by Gasteiger charge is -2.20. The van der Waals surface area contributed by atoms with Crippen LogP contribution in [-0.2, 0) is 10.0 Å². The van der Waals surface area contributed by atoms with Gasteiger partial charge in [0.1, 0.15) is 0 Å². The molecule has 0 atom stereocenters. The number of benzene rings is 1. The molecule has 1 rings (SSSR count). The monoisotopic (exact) mass is 349 g/mol. The van der Waals surface area contributed by atoms with E-state index in [0.717, 1.165) is 0 Å². The van der Waals surface area contributed by atoms with Crippen LogP contribution in [0.3, 0.4) is 0 Å². The third-order valence-corrected chi connectivity index (χ3v) is 5.29. The second-order valence-corrected chi connectivity index (χ2v) is 7.50. The van der Waals surface area contributed by atoms with Crippen LogP contribution in [0.25, 0.3) is 0 Å². The maximum Gasteiger partial charge on any atom is 0.335 e. The van der Waals surface area contributed by atoms with E-state index in [1.54, 1.807) is 0 Å². The molecular formula is C12H16BrNO4S. The number of rotatable bonds is 5. The molecule has 0 aliphatic heterocycles. The Kier molecular flexibility index (Phi) is 5.11. The van der Waals surface area contributed by atoms with Gasteiger partial charge in [0.05, 0.1) is 10.5 Å². The van der Waals surface area contributed by atoms with Crippen LogP contribution in [-0.4, -0.2) is 37.4 Å².